The number of hydrogen-bond donors (Lipinski definition) is 0. The summed E-state index contributed by atoms with van der Waals surface area (Å²) in [6.07, 6.45) is 8.62. The van der Waals surface area contributed by atoms with Crippen LogP contribution in [0.25, 0.3) is 27.7 Å². The maximum atomic E-state index is 15.0. The van der Waals surface area contributed by atoms with Gasteiger partial charge in [0.05, 0.1) is 41.1 Å². The standard InChI is InChI=1S/C26H23ClFN5O2/c1-14-30-22-11-21(15-7-8-35-23(9-15)16-12-29-33(13-16)18-4-5-18)31-25(24(22)26(34)32(14)2)19-6-3-17(27)10-20(19)28/h3,6,9-13,18,23H,4-5,7-8H2,1-2H3. The first kappa shape index (κ1) is 22.1. The third-order valence-corrected chi connectivity index (χ3v) is 6.93. The van der Waals surface area contributed by atoms with Gasteiger partial charge in [-0.25, -0.2) is 14.4 Å². The van der Waals surface area contributed by atoms with E-state index in [0.29, 0.717) is 36.1 Å². The molecule has 0 N–H and O–H groups in total. The zero-order valence-electron chi connectivity index (χ0n) is 19.3. The van der Waals surface area contributed by atoms with Crippen molar-refractivity contribution in [1.82, 2.24) is 24.3 Å². The van der Waals surface area contributed by atoms with Crippen LogP contribution in [-0.4, -0.2) is 30.9 Å². The van der Waals surface area contributed by atoms with Crippen LogP contribution in [0.3, 0.4) is 0 Å². The second-order valence-electron chi connectivity index (χ2n) is 9.12. The number of fused-ring (bicyclic) bond motifs is 1. The predicted octanol–water partition coefficient (Wildman–Crippen LogP) is 5.17. The Morgan fingerprint density at radius 3 is 2.80 bits per heavy atom. The van der Waals surface area contributed by atoms with Crippen LogP contribution in [-0.2, 0) is 11.8 Å². The van der Waals surface area contributed by atoms with Crippen molar-refractivity contribution in [2.75, 3.05) is 6.61 Å². The molecule has 35 heavy (non-hydrogen) atoms. The van der Waals surface area contributed by atoms with Crippen LogP contribution in [0, 0.1) is 12.7 Å². The van der Waals surface area contributed by atoms with Crippen LogP contribution in [0.5, 0.6) is 0 Å². The summed E-state index contributed by atoms with van der Waals surface area (Å²) in [5.74, 6) is 0.0194. The van der Waals surface area contributed by atoms with Gasteiger partial charge in [-0.3, -0.25) is 14.0 Å². The molecular formula is C26H23ClFN5O2. The topological polar surface area (TPSA) is 74.8 Å². The van der Waals surface area contributed by atoms with Crippen LogP contribution >= 0.6 is 11.6 Å². The molecule has 4 aromatic rings. The second-order valence-corrected chi connectivity index (χ2v) is 9.55. The second kappa shape index (κ2) is 8.39. The predicted molar refractivity (Wildman–Crippen MR) is 132 cm³/mol. The van der Waals surface area contributed by atoms with Gasteiger partial charge in [0.25, 0.3) is 5.56 Å². The van der Waals surface area contributed by atoms with E-state index in [1.54, 1.807) is 26.1 Å². The molecule has 4 heterocycles. The summed E-state index contributed by atoms with van der Waals surface area (Å²) < 4.78 is 24.5. The smallest absolute Gasteiger partial charge is 0.263 e. The highest BCUT2D eigenvalue weighted by molar-refractivity contribution is 6.30. The first-order valence-electron chi connectivity index (χ1n) is 11.6. The number of benzene rings is 1. The van der Waals surface area contributed by atoms with E-state index in [0.717, 1.165) is 24.0 Å². The fourth-order valence-corrected chi connectivity index (χ4v) is 4.65. The maximum absolute atomic E-state index is 15.0. The summed E-state index contributed by atoms with van der Waals surface area (Å²) in [5, 5.41) is 5.03. The maximum Gasteiger partial charge on any atom is 0.263 e. The van der Waals surface area contributed by atoms with Gasteiger partial charge in [0.2, 0.25) is 0 Å². The Hall–Kier alpha value is -3.36. The number of hydrogen-bond acceptors (Lipinski definition) is 5. The van der Waals surface area contributed by atoms with E-state index < -0.39 is 5.82 Å². The largest absolute Gasteiger partial charge is 0.369 e. The average molecular weight is 492 g/mol. The molecule has 3 aromatic heterocycles. The highest BCUT2D eigenvalue weighted by Gasteiger charge is 2.27. The molecule has 7 nitrogen and oxygen atoms in total. The number of ether oxygens (including phenoxy) is 1. The van der Waals surface area contributed by atoms with E-state index in [1.165, 1.54) is 10.6 Å². The van der Waals surface area contributed by atoms with E-state index in [4.69, 9.17) is 21.3 Å². The Balaban J connectivity index is 1.52. The van der Waals surface area contributed by atoms with Crippen LogP contribution in [0.15, 0.2) is 47.5 Å². The fourth-order valence-electron chi connectivity index (χ4n) is 4.49. The summed E-state index contributed by atoms with van der Waals surface area (Å²) in [5.41, 5.74) is 3.25. The molecule has 1 unspecified atom stereocenters. The van der Waals surface area contributed by atoms with Gasteiger partial charge in [-0.15, -0.1) is 0 Å². The molecule has 9 heteroatoms. The number of aryl methyl sites for hydroxylation is 1. The molecular weight excluding hydrogens is 469 g/mol. The molecule has 1 saturated carbocycles. The van der Waals surface area contributed by atoms with Crippen molar-refractivity contribution in [2.24, 2.45) is 7.05 Å². The van der Waals surface area contributed by atoms with Crippen molar-refractivity contribution in [2.45, 2.75) is 38.3 Å². The van der Waals surface area contributed by atoms with Gasteiger partial charge >= 0.3 is 0 Å². The minimum Gasteiger partial charge on any atom is -0.369 e. The van der Waals surface area contributed by atoms with Crippen molar-refractivity contribution >= 4 is 28.1 Å². The van der Waals surface area contributed by atoms with Gasteiger partial charge in [0.1, 0.15) is 17.7 Å². The van der Waals surface area contributed by atoms with Crippen LogP contribution in [0.4, 0.5) is 4.39 Å². The summed E-state index contributed by atoms with van der Waals surface area (Å²) in [4.78, 5) is 22.6. The number of rotatable bonds is 4. The third-order valence-electron chi connectivity index (χ3n) is 6.69. The first-order chi connectivity index (χ1) is 16.9. The van der Waals surface area contributed by atoms with Crippen LogP contribution < -0.4 is 5.56 Å². The zero-order valence-corrected chi connectivity index (χ0v) is 20.1. The van der Waals surface area contributed by atoms with Crippen LogP contribution in [0.2, 0.25) is 5.02 Å². The van der Waals surface area contributed by atoms with E-state index in [2.05, 4.69) is 10.1 Å². The first-order valence-corrected chi connectivity index (χ1v) is 12.0. The highest BCUT2D eigenvalue weighted by atomic mass is 35.5. The molecule has 1 atom stereocenters. The molecule has 1 aromatic carbocycles. The molecule has 2 aliphatic rings. The molecule has 1 aliphatic carbocycles. The van der Waals surface area contributed by atoms with Gasteiger partial charge in [-0.2, -0.15) is 5.10 Å². The fraction of sp³-hybridized carbons (Fsp3) is 0.308. The lowest BCUT2D eigenvalue weighted by Crippen LogP contribution is -2.22. The van der Waals surface area contributed by atoms with E-state index in [-0.39, 0.29) is 33.3 Å². The lowest BCUT2D eigenvalue weighted by Gasteiger charge is -2.22. The Morgan fingerprint density at radius 2 is 2.03 bits per heavy atom. The van der Waals surface area contributed by atoms with Gasteiger partial charge in [-0.1, -0.05) is 11.6 Å². The molecule has 6 rings (SSSR count). The van der Waals surface area contributed by atoms with E-state index in [9.17, 15) is 4.79 Å². The van der Waals surface area contributed by atoms with Gasteiger partial charge < -0.3 is 4.74 Å². The molecule has 0 amide bonds. The summed E-state index contributed by atoms with van der Waals surface area (Å²) in [6.45, 7) is 2.28. The van der Waals surface area contributed by atoms with Crippen molar-refractivity contribution in [3.63, 3.8) is 0 Å². The molecule has 1 aliphatic heterocycles. The number of nitrogens with zero attached hydrogens (tertiary/aromatic N) is 5. The third kappa shape index (κ3) is 3.96. The number of aromatic nitrogens is 5. The molecule has 1 fully saturated rings. The zero-order chi connectivity index (χ0) is 24.3. The molecule has 0 bridgehead atoms. The van der Waals surface area contributed by atoms with Gasteiger partial charge in [-0.05, 0) is 62.1 Å². The summed E-state index contributed by atoms with van der Waals surface area (Å²) in [6, 6.07) is 6.67. The van der Waals surface area contributed by atoms with Crippen molar-refractivity contribution in [1.29, 1.82) is 0 Å². The Morgan fingerprint density at radius 1 is 1.20 bits per heavy atom. The number of halogens is 2. The molecule has 0 spiro atoms. The minimum absolute atomic E-state index is 0.207. The van der Waals surface area contributed by atoms with E-state index >= 15 is 4.39 Å². The number of pyridine rings is 1. The monoisotopic (exact) mass is 491 g/mol. The lowest BCUT2D eigenvalue weighted by molar-refractivity contribution is 0.0826. The quantitative estimate of drug-likeness (QED) is 0.393. The lowest BCUT2D eigenvalue weighted by atomic mass is 9.99. The Labute approximate surface area is 205 Å². The molecule has 178 valence electrons. The Bertz CT molecular complexity index is 1570. The highest BCUT2D eigenvalue weighted by Crippen LogP contribution is 2.37. The Kier molecular flexibility index (Phi) is 5.30. The van der Waals surface area contributed by atoms with Gasteiger partial charge in [0, 0.05) is 29.4 Å². The SMILES string of the molecule is Cc1nc2cc(C3=CC(c4cnn(C5CC5)c4)OCC3)nc(-c3ccc(Cl)cc3F)c2c(=O)n1C. The minimum atomic E-state index is -0.544. The molecule has 0 radical (unpaired) electrons. The normalized spacial score (nSPS) is 18.2. The van der Waals surface area contributed by atoms with Crippen molar-refractivity contribution < 1.29 is 9.13 Å². The van der Waals surface area contributed by atoms with Crippen LogP contribution in [0.1, 0.15) is 48.5 Å². The van der Waals surface area contributed by atoms with E-state index in [1.807, 2.05) is 29.2 Å². The van der Waals surface area contributed by atoms with Crippen molar-refractivity contribution in [3.05, 3.63) is 81.0 Å². The average Bonchev–Trinajstić information content (AvgIpc) is 3.58. The summed E-state index contributed by atoms with van der Waals surface area (Å²) in [7, 11) is 1.65. The molecule has 0 saturated heterocycles. The van der Waals surface area contributed by atoms with Gasteiger partial charge in [0.15, 0.2) is 0 Å². The summed E-state index contributed by atoms with van der Waals surface area (Å²) >= 11 is 5.98. The van der Waals surface area contributed by atoms with Crippen molar-refractivity contribution in [3.8, 4) is 11.3 Å².